The maximum absolute atomic E-state index is 10.3. The lowest BCUT2D eigenvalue weighted by molar-refractivity contribution is 0.430. The third-order valence-corrected chi connectivity index (χ3v) is 4.89. The van der Waals surface area contributed by atoms with Crippen LogP contribution in [0.5, 0.6) is 40.2 Å². The number of rotatable bonds is 3. The molecule has 31 heavy (non-hydrogen) atoms. The van der Waals surface area contributed by atoms with Crippen LogP contribution in [0, 0.1) is 0 Å². The molecule has 7 heteroatoms. The highest BCUT2D eigenvalue weighted by atomic mass is 16.3. The standard InChI is InChI=1S/C24H18O7/c25-15-1-3-18(20(28)8-15)12-5-13(19-4-2-16(26)9-21(19)29)7-14(6-12)24-22(30)10-17(27)11-23(24)31/h1-11,25-31H. The molecule has 0 aliphatic rings. The molecule has 0 aromatic heterocycles. The third-order valence-electron chi connectivity index (χ3n) is 4.89. The first-order valence-electron chi connectivity index (χ1n) is 9.18. The van der Waals surface area contributed by atoms with E-state index < -0.39 is 0 Å². The predicted molar refractivity (Wildman–Crippen MR) is 114 cm³/mol. The van der Waals surface area contributed by atoms with E-state index in [0.717, 1.165) is 12.1 Å². The fourth-order valence-corrected chi connectivity index (χ4v) is 3.50. The Kier molecular flexibility index (Phi) is 4.71. The first kappa shape index (κ1) is 19.8. The summed E-state index contributed by atoms with van der Waals surface area (Å²) in [5.41, 5.74) is 2.02. The molecule has 0 heterocycles. The summed E-state index contributed by atoms with van der Waals surface area (Å²) in [5, 5.41) is 70.2. The van der Waals surface area contributed by atoms with E-state index in [4.69, 9.17) is 0 Å². The SMILES string of the molecule is Oc1ccc(-c2cc(-c3ccc(O)cc3O)cc(-c3c(O)cc(O)cc3O)c2)c(O)c1. The normalized spacial score (nSPS) is 10.8. The first-order chi connectivity index (χ1) is 14.7. The Balaban J connectivity index is 2.02. The minimum Gasteiger partial charge on any atom is -0.508 e. The molecule has 4 aromatic carbocycles. The zero-order chi connectivity index (χ0) is 22.3. The molecule has 4 rings (SSSR count). The van der Waals surface area contributed by atoms with Gasteiger partial charge in [-0.1, -0.05) is 0 Å². The highest BCUT2D eigenvalue weighted by Crippen LogP contribution is 2.45. The molecule has 0 bridgehead atoms. The molecule has 0 fully saturated rings. The summed E-state index contributed by atoms with van der Waals surface area (Å²) in [4.78, 5) is 0. The molecule has 7 nitrogen and oxygen atoms in total. The number of aromatic hydroxyl groups is 7. The van der Waals surface area contributed by atoms with Crippen LogP contribution in [0.25, 0.3) is 33.4 Å². The van der Waals surface area contributed by atoms with Crippen molar-refractivity contribution in [2.45, 2.75) is 0 Å². The van der Waals surface area contributed by atoms with E-state index in [1.165, 1.54) is 36.4 Å². The number of hydrogen-bond donors (Lipinski definition) is 7. The Hall–Kier alpha value is -4.52. The average Bonchev–Trinajstić information content (AvgIpc) is 2.67. The largest absolute Gasteiger partial charge is 0.508 e. The monoisotopic (exact) mass is 418 g/mol. The topological polar surface area (TPSA) is 142 Å². The summed E-state index contributed by atoms with van der Waals surface area (Å²) in [5.74, 6) is -1.70. The second kappa shape index (κ2) is 7.38. The van der Waals surface area contributed by atoms with Gasteiger partial charge in [-0.15, -0.1) is 0 Å². The van der Waals surface area contributed by atoms with Crippen molar-refractivity contribution in [1.82, 2.24) is 0 Å². The van der Waals surface area contributed by atoms with Crippen LogP contribution in [0.4, 0.5) is 0 Å². The van der Waals surface area contributed by atoms with Crippen molar-refractivity contribution < 1.29 is 35.7 Å². The minimum absolute atomic E-state index is 0.0393. The van der Waals surface area contributed by atoms with Crippen LogP contribution in [-0.4, -0.2) is 35.7 Å². The van der Waals surface area contributed by atoms with Gasteiger partial charge < -0.3 is 35.7 Å². The van der Waals surface area contributed by atoms with Gasteiger partial charge in [0.25, 0.3) is 0 Å². The molecule has 0 atom stereocenters. The fraction of sp³-hybridized carbons (Fsp3) is 0. The maximum Gasteiger partial charge on any atom is 0.130 e. The van der Waals surface area contributed by atoms with Crippen LogP contribution in [0.15, 0.2) is 66.7 Å². The van der Waals surface area contributed by atoms with Gasteiger partial charge in [0.05, 0.1) is 5.56 Å². The zero-order valence-corrected chi connectivity index (χ0v) is 16.0. The quantitative estimate of drug-likeness (QED) is 0.257. The van der Waals surface area contributed by atoms with Crippen molar-refractivity contribution in [3.05, 3.63) is 66.7 Å². The van der Waals surface area contributed by atoms with Gasteiger partial charge in [-0.05, 0) is 59.2 Å². The highest BCUT2D eigenvalue weighted by Gasteiger charge is 2.17. The minimum atomic E-state index is -0.370. The maximum atomic E-state index is 10.3. The summed E-state index contributed by atoms with van der Waals surface area (Å²) >= 11 is 0. The molecular formula is C24H18O7. The highest BCUT2D eigenvalue weighted by molar-refractivity contribution is 5.88. The van der Waals surface area contributed by atoms with E-state index in [2.05, 4.69) is 0 Å². The Bertz CT molecular complexity index is 1220. The molecule has 0 spiro atoms. The average molecular weight is 418 g/mol. The van der Waals surface area contributed by atoms with Gasteiger partial charge in [0, 0.05) is 35.4 Å². The first-order valence-corrected chi connectivity index (χ1v) is 9.18. The summed E-state index contributed by atoms with van der Waals surface area (Å²) in [6, 6.07) is 15.2. The van der Waals surface area contributed by atoms with E-state index >= 15 is 0 Å². The van der Waals surface area contributed by atoms with Crippen LogP contribution in [0.2, 0.25) is 0 Å². The van der Waals surface area contributed by atoms with Crippen LogP contribution >= 0.6 is 0 Å². The molecule has 7 N–H and O–H groups in total. The van der Waals surface area contributed by atoms with Crippen LogP contribution < -0.4 is 0 Å². The number of benzene rings is 4. The molecule has 0 amide bonds. The van der Waals surface area contributed by atoms with Crippen LogP contribution in [-0.2, 0) is 0 Å². The molecule has 156 valence electrons. The Morgan fingerprint density at radius 3 is 1.16 bits per heavy atom. The summed E-state index contributed by atoms with van der Waals surface area (Å²) in [6.07, 6.45) is 0. The number of phenolic OH excluding ortho intramolecular Hbond substituents is 7. The van der Waals surface area contributed by atoms with Gasteiger partial charge in [0.2, 0.25) is 0 Å². The Morgan fingerprint density at radius 2 is 0.742 bits per heavy atom. The lowest BCUT2D eigenvalue weighted by Gasteiger charge is -2.15. The van der Waals surface area contributed by atoms with E-state index in [9.17, 15) is 35.7 Å². The third kappa shape index (κ3) is 3.72. The van der Waals surface area contributed by atoms with Crippen LogP contribution in [0.1, 0.15) is 0 Å². The lowest BCUT2D eigenvalue weighted by Crippen LogP contribution is -1.88. The van der Waals surface area contributed by atoms with Gasteiger partial charge in [-0.2, -0.15) is 0 Å². The van der Waals surface area contributed by atoms with Crippen molar-refractivity contribution in [3.63, 3.8) is 0 Å². The lowest BCUT2D eigenvalue weighted by atomic mass is 9.92. The van der Waals surface area contributed by atoms with Gasteiger partial charge in [0.15, 0.2) is 0 Å². The summed E-state index contributed by atoms with van der Waals surface area (Å²) < 4.78 is 0. The van der Waals surface area contributed by atoms with E-state index in [-0.39, 0.29) is 45.8 Å². The molecule has 0 aliphatic carbocycles. The summed E-state index contributed by atoms with van der Waals surface area (Å²) in [6.45, 7) is 0. The van der Waals surface area contributed by atoms with E-state index in [1.54, 1.807) is 18.2 Å². The van der Waals surface area contributed by atoms with E-state index in [0.29, 0.717) is 27.8 Å². The molecule has 4 aromatic rings. The molecule has 0 saturated heterocycles. The number of hydrogen-bond acceptors (Lipinski definition) is 7. The van der Waals surface area contributed by atoms with Crippen molar-refractivity contribution in [2.75, 3.05) is 0 Å². The summed E-state index contributed by atoms with van der Waals surface area (Å²) in [7, 11) is 0. The molecular weight excluding hydrogens is 400 g/mol. The second-order valence-electron chi connectivity index (χ2n) is 7.06. The van der Waals surface area contributed by atoms with Crippen LogP contribution in [0.3, 0.4) is 0 Å². The van der Waals surface area contributed by atoms with Gasteiger partial charge in [-0.3, -0.25) is 0 Å². The molecule has 0 aliphatic heterocycles. The van der Waals surface area contributed by atoms with Crippen molar-refractivity contribution in [1.29, 1.82) is 0 Å². The Labute approximate surface area is 176 Å². The smallest absolute Gasteiger partial charge is 0.130 e. The number of phenols is 7. The van der Waals surface area contributed by atoms with Gasteiger partial charge in [-0.25, -0.2) is 0 Å². The second-order valence-corrected chi connectivity index (χ2v) is 7.06. The van der Waals surface area contributed by atoms with Crippen molar-refractivity contribution >= 4 is 0 Å². The van der Waals surface area contributed by atoms with Gasteiger partial charge in [0.1, 0.15) is 40.2 Å². The van der Waals surface area contributed by atoms with Gasteiger partial charge >= 0.3 is 0 Å². The Morgan fingerprint density at radius 1 is 0.355 bits per heavy atom. The predicted octanol–water partition coefficient (Wildman–Crippen LogP) is 4.63. The molecule has 0 saturated carbocycles. The van der Waals surface area contributed by atoms with E-state index in [1.807, 2.05) is 0 Å². The molecule has 0 radical (unpaired) electrons. The zero-order valence-electron chi connectivity index (χ0n) is 16.0. The van der Waals surface area contributed by atoms with Crippen molar-refractivity contribution in [2.24, 2.45) is 0 Å². The fourth-order valence-electron chi connectivity index (χ4n) is 3.50. The van der Waals surface area contributed by atoms with Crippen molar-refractivity contribution in [3.8, 4) is 73.6 Å². The molecule has 0 unspecified atom stereocenters.